The molecule has 0 radical (unpaired) electrons. The van der Waals surface area contributed by atoms with E-state index in [0.717, 1.165) is 47.5 Å². The van der Waals surface area contributed by atoms with Crippen LogP contribution in [-0.4, -0.2) is 40.9 Å². The SMILES string of the molecule is CN=C(NCc1ccnc(N2CCCC2)c1)NCc1ccccc1-n1nc(C)cc1C. The largest absolute Gasteiger partial charge is 0.357 e. The molecule has 0 unspecified atom stereocenters. The first-order valence-electron chi connectivity index (χ1n) is 10.9. The van der Waals surface area contributed by atoms with E-state index in [1.54, 1.807) is 7.05 Å². The quantitative estimate of drug-likeness (QED) is 0.475. The van der Waals surface area contributed by atoms with E-state index < -0.39 is 0 Å². The van der Waals surface area contributed by atoms with Gasteiger partial charge in [-0.05, 0) is 62.1 Å². The highest BCUT2D eigenvalue weighted by Gasteiger charge is 2.14. The molecule has 7 heteroatoms. The lowest BCUT2D eigenvalue weighted by molar-refractivity contribution is 0.780. The van der Waals surface area contributed by atoms with Crippen molar-refractivity contribution in [1.82, 2.24) is 25.4 Å². The maximum Gasteiger partial charge on any atom is 0.191 e. The molecule has 0 aliphatic carbocycles. The third kappa shape index (κ3) is 5.05. The summed E-state index contributed by atoms with van der Waals surface area (Å²) in [5.41, 5.74) is 5.59. The summed E-state index contributed by atoms with van der Waals surface area (Å²) in [4.78, 5) is 11.3. The number of para-hydroxylation sites is 1. The summed E-state index contributed by atoms with van der Waals surface area (Å²) in [6.45, 7) is 7.65. The van der Waals surface area contributed by atoms with Gasteiger partial charge >= 0.3 is 0 Å². The number of benzene rings is 1. The van der Waals surface area contributed by atoms with Crippen LogP contribution in [-0.2, 0) is 13.1 Å². The fourth-order valence-electron chi connectivity index (χ4n) is 4.01. The van der Waals surface area contributed by atoms with E-state index >= 15 is 0 Å². The second-order valence-electron chi connectivity index (χ2n) is 7.96. The number of guanidine groups is 1. The highest BCUT2D eigenvalue weighted by Crippen LogP contribution is 2.19. The molecule has 3 aromatic rings. The Hall–Kier alpha value is -3.35. The van der Waals surface area contributed by atoms with Crippen molar-refractivity contribution in [2.45, 2.75) is 39.8 Å². The molecule has 3 heterocycles. The molecule has 31 heavy (non-hydrogen) atoms. The number of aliphatic imine (C=N–C) groups is 1. The van der Waals surface area contributed by atoms with Crippen LogP contribution >= 0.6 is 0 Å². The third-order valence-corrected chi connectivity index (χ3v) is 5.60. The minimum absolute atomic E-state index is 0.656. The summed E-state index contributed by atoms with van der Waals surface area (Å²) in [5.74, 6) is 1.83. The summed E-state index contributed by atoms with van der Waals surface area (Å²) < 4.78 is 2.00. The fraction of sp³-hybridized carbons (Fsp3) is 0.375. The van der Waals surface area contributed by atoms with E-state index in [2.05, 4.69) is 73.9 Å². The van der Waals surface area contributed by atoms with E-state index in [0.29, 0.717) is 13.1 Å². The van der Waals surface area contributed by atoms with Gasteiger partial charge in [-0.15, -0.1) is 0 Å². The molecule has 7 nitrogen and oxygen atoms in total. The van der Waals surface area contributed by atoms with E-state index in [1.807, 2.05) is 23.9 Å². The normalized spacial score (nSPS) is 14.2. The highest BCUT2D eigenvalue weighted by atomic mass is 15.3. The van der Waals surface area contributed by atoms with E-state index in [4.69, 9.17) is 0 Å². The Bertz CT molecular complexity index is 1050. The molecule has 0 spiro atoms. The third-order valence-electron chi connectivity index (χ3n) is 5.60. The molecule has 1 aromatic carbocycles. The number of nitrogens with zero attached hydrogens (tertiary/aromatic N) is 5. The molecule has 1 aliphatic rings. The molecular formula is C24H31N7. The van der Waals surface area contributed by atoms with Gasteiger partial charge in [-0.25, -0.2) is 9.67 Å². The molecule has 1 saturated heterocycles. The van der Waals surface area contributed by atoms with Crippen LogP contribution in [0.3, 0.4) is 0 Å². The maximum atomic E-state index is 4.64. The van der Waals surface area contributed by atoms with Crippen molar-refractivity contribution < 1.29 is 0 Å². The van der Waals surface area contributed by atoms with E-state index in [-0.39, 0.29) is 0 Å². The molecule has 0 saturated carbocycles. The van der Waals surface area contributed by atoms with Crippen LogP contribution in [0, 0.1) is 13.8 Å². The zero-order valence-electron chi connectivity index (χ0n) is 18.6. The van der Waals surface area contributed by atoms with E-state index in [1.165, 1.54) is 18.4 Å². The smallest absolute Gasteiger partial charge is 0.191 e. The van der Waals surface area contributed by atoms with Crippen molar-refractivity contribution >= 4 is 11.8 Å². The molecule has 0 bridgehead atoms. The summed E-state index contributed by atoms with van der Waals surface area (Å²) in [6, 6.07) is 14.6. The molecule has 1 aliphatic heterocycles. The van der Waals surface area contributed by atoms with Crippen LogP contribution < -0.4 is 15.5 Å². The maximum absolute atomic E-state index is 4.64. The van der Waals surface area contributed by atoms with Gasteiger partial charge in [0.15, 0.2) is 5.96 Å². The van der Waals surface area contributed by atoms with Crippen LogP contribution in [0.2, 0.25) is 0 Å². The van der Waals surface area contributed by atoms with Crippen LogP contribution in [0.5, 0.6) is 0 Å². The predicted octanol–water partition coefficient (Wildman–Crippen LogP) is 3.35. The lowest BCUT2D eigenvalue weighted by atomic mass is 10.1. The standard InChI is InChI=1S/C24H31N7/c1-18-14-19(2)31(29-18)22-9-5-4-8-21(22)17-28-24(25-3)27-16-20-10-11-26-23(15-20)30-12-6-7-13-30/h4-5,8-11,14-15H,6-7,12-13,16-17H2,1-3H3,(H2,25,27,28). The number of anilines is 1. The molecule has 0 amide bonds. The van der Waals surface area contributed by atoms with Crippen molar-refractivity contribution in [2.24, 2.45) is 4.99 Å². The molecule has 162 valence electrons. The predicted molar refractivity (Wildman–Crippen MR) is 126 cm³/mol. The first kappa shape index (κ1) is 20.9. The zero-order chi connectivity index (χ0) is 21.6. The monoisotopic (exact) mass is 417 g/mol. The highest BCUT2D eigenvalue weighted by molar-refractivity contribution is 5.79. The van der Waals surface area contributed by atoms with Gasteiger partial charge in [-0.2, -0.15) is 5.10 Å². The summed E-state index contributed by atoms with van der Waals surface area (Å²) in [5, 5.41) is 11.5. The molecular weight excluding hydrogens is 386 g/mol. The van der Waals surface area contributed by atoms with Gasteiger partial charge in [-0.3, -0.25) is 4.99 Å². The van der Waals surface area contributed by atoms with Gasteiger partial charge in [-0.1, -0.05) is 18.2 Å². The van der Waals surface area contributed by atoms with Crippen LogP contribution in [0.25, 0.3) is 5.69 Å². The Morgan fingerprint density at radius 2 is 1.81 bits per heavy atom. The topological polar surface area (TPSA) is 70.4 Å². The first-order valence-corrected chi connectivity index (χ1v) is 10.9. The van der Waals surface area contributed by atoms with Crippen LogP contribution in [0.1, 0.15) is 35.4 Å². The lowest BCUT2D eigenvalue weighted by Gasteiger charge is -2.18. The summed E-state index contributed by atoms with van der Waals surface area (Å²) in [7, 11) is 1.80. The van der Waals surface area contributed by atoms with E-state index in [9.17, 15) is 0 Å². The van der Waals surface area contributed by atoms with Crippen LogP contribution in [0.15, 0.2) is 53.7 Å². The Morgan fingerprint density at radius 3 is 2.55 bits per heavy atom. The van der Waals surface area contributed by atoms with Gasteiger partial charge in [0.25, 0.3) is 0 Å². The second kappa shape index (κ2) is 9.64. The number of aromatic nitrogens is 3. The second-order valence-corrected chi connectivity index (χ2v) is 7.96. The number of rotatable bonds is 6. The molecule has 2 N–H and O–H groups in total. The Kier molecular flexibility index (Phi) is 6.50. The summed E-state index contributed by atoms with van der Waals surface area (Å²) in [6.07, 6.45) is 4.39. The average molecular weight is 418 g/mol. The number of hydrogen-bond donors (Lipinski definition) is 2. The number of pyridine rings is 1. The van der Waals surface area contributed by atoms with Gasteiger partial charge in [0, 0.05) is 45.1 Å². The summed E-state index contributed by atoms with van der Waals surface area (Å²) >= 11 is 0. The molecule has 2 aromatic heterocycles. The Labute approximate surface area is 184 Å². The van der Waals surface area contributed by atoms with Crippen LogP contribution in [0.4, 0.5) is 5.82 Å². The first-order chi connectivity index (χ1) is 15.1. The fourth-order valence-corrected chi connectivity index (χ4v) is 4.01. The molecule has 1 fully saturated rings. The minimum atomic E-state index is 0.656. The van der Waals surface area contributed by atoms with Gasteiger partial charge in [0.05, 0.1) is 11.4 Å². The Morgan fingerprint density at radius 1 is 1.03 bits per heavy atom. The average Bonchev–Trinajstić information content (AvgIpc) is 3.44. The minimum Gasteiger partial charge on any atom is -0.357 e. The Balaban J connectivity index is 1.39. The van der Waals surface area contributed by atoms with Crippen molar-refractivity contribution in [2.75, 3.05) is 25.0 Å². The van der Waals surface area contributed by atoms with Crippen molar-refractivity contribution in [3.05, 3.63) is 71.2 Å². The van der Waals surface area contributed by atoms with Crippen molar-refractivity contribution in [3.8, 4) is 5.69 Å². The van der Waals surface area contributed by atoms with Gasteiger partial charge in [0.2, 0.25) is 0 Å². The number of aryl methyl sites for hydroxylation is 2. The van der Waals surface area contributed by atoms with Crippen molar-refractivity contribution in [1.29, 1.82) is 0 Å². The molecule has 0 atom stereocenters. The van der Waals surface area contributed by atoms with Crippen molar-refractivity contribution in [3.63, 3.8) is 0 Å². The van der Waals surface area contributed by atoms with Gasteiger partial charge in [0.1, 0.15) is 5.82 Å². The number of nitrogens with one attached hydrogen (secondary N) is 2. The number of hydrogen-bond acceptors (Lipinski definition) is 4. The lowest BCUT2D eigenvalue weighted by Crippen LogP contribution is -2.36. The van der Waals surface area contributed by atoms with Gasteiger partial charge < -0.3 is 15.5 Å². The zero-order valence-corrected chi connectivity index (χ0v) is 18.6. The molecule has 4 rings (SSSR count).